The van der Waals surface area contributed by atoms with Crippen molar-refractivity contribution in [3.05, 3.63) is 106 Å². The Hall–Kier alpha value is -2.60. The van der Waals surface area contributed by atoms with Gasteiger partial charge < -0.3 is 0 Å². The molecule has 2 heterocycles. The van der Waals surface area contributed by atoms with Crippen LogP contribution in [-0.2, 0) is 9.84 Å². The molecule has 0 bridgehead atoms. The molecule has 32 heavy (non-hydrogen) atoms. The first-order valence-electron chi connectivity index (χ1n) is 10.2. The molecule has 2 atom stereocenters. The molecule has 0 saturated carbocycles. The van der Waals surface area contributed by atoms with E-state index in [4.69, 9.17) is 28.3 Å². The summed E-state index contributed by atoms with van der Waals surface area (Å²) in [5, 5.41) is 8.20. The summed E-state index contributed by atoms with van der Waals surface area (Å²) in [6.07, 6.45) is 1.91. The van der Waals surface area contributed by atoms with Crippen LogP contribution in [0.15, 0.2) is 89.5 Å². The van der Waals surface area contributed by atoms with E-state index >= 15 is 0 Å². The molecule has 1 fully saturated rings. The van der Waals surface area contributed by atoms with Crippen LogP contribution in [0.3, 0.4) is 0 Å². The van der Waals surface area contributed by atoms with Crippen LogP contribution in [0.1, 0.15) is 17.2 Å². The number of sulfone groups is 1. The van der Waals surface area contributed by atoms with Crippen molar-refractivity contribution in [1.29, 1.82) is 0 Å². The van der Waals surface area contributed by atoms with Crippen LogP contribution in [0.25, 0.3) is 6.08 Å². The number of nitrogens with zero attached hydrogens (tertiary/aromatic N) is 2. The number of benzene rings is 3. The van der Waals surface area contributed by atoms with Crippen molar-refractivity contribution in [1.82, 2.24) is 0 Å². The summed E-state index contributed by atoms with van der Waals surface area (Å²) in [7, 11) is -3.30. The van der Waals surface area contributed by atoms with Gasteiger partial charge >= 0.3 is 0 Å². The maximum Gasteiger partial charge on any atom is 0.155 e. The Kier molecular flexibility index (Phi) is 5.58. The number of hydrazone groups is 1. The summed E-state index contributed by atoms with van der Waals surface area (Å²) in [6, 6.07) is 24.5. The van der Waals surface area contributed by atoms with E-state index in [0.717, 1.165) is 28.1 Å². The minimum Gasteiger partial charge on any atom is -0.257 e. The standard InChI is InChI=1S/C25H20Cl2N2O2S/c26-20-10-6-17(7-11-20)14-19-15-32(30,31)16-23-24(19)28-29(22-4-2-1-3-5-22)25(23)18-8-12-21(27)13-9-18/h1-14,23,25H,15-16H2/b19-14+. The van der Waals surface area contributed by atoms with Crippen molar-refractivity contribution >= 4 is 50.5 Å². The monoisotopic (exact) mass is 482 g/mol. The minimum atomic E-state index is -3.30. The highest BCUT2D eigenvalue weighted by Crippen LogP contribution is 2.44. The second-order valence-corrected chi connectivity index (χ2v) is 11.0. The zero-order chi connectivity index (χ0) is 22.3. The first-order chi connectivity index (χ1) is 15.4. The van der Waals surface area contributed by atoms with Gasteiger partial charge in [-0.05, 0) is 59.2 Å². The highest BCUT2D eigenvalue weighted by Gasteiger charge is 2.46. The number of hydrogen-bond acceptors (Lipinski definition) is 4. The second kappa shape index (κ2) is 8.39. The van der Waals surface area contributed by atoms with Gasteiger partial charge in [0, 0.05) is 16.0 Å². The van der Waals surface area contributed by atoms with Crippen LogP contribution in [0.5, 0.6) is 0 Å². The highest BCUT2D eigenvalue weighted by atomic mass is 35.5. The van der Waals surface area contributed by atoms with Gasteiger partial charge in [-0.1, -0.05) is 65.7 Å². The van der Waals surface area contributed by atoms with E-state index in [-0.39, 0.29) is 23.5 Å². The molecule has 2 unspecified atom stereocenters. The average molecular weight is 483 g/mol. The van der Waals surface area contributed by atoms with E-state index in [1.807, 2.05) is 77.8 Å². The van der Waals surface area contributed by atoms with Crippen LogP contribution >= 0.6 is 23.2 Å². The summed E-state index contributed by atoms with van der Waals surface area (Å²) in [5.41, 5.74) is 4.33. The van der Waals surface area contributed by atoms with E-state index in [1.54, 1.807) is 12.1 Å². The van der Waals surface area contributed by atoms with Gasteiger partial charge in [0.25, 0.3) is 0 Å². The van der Waals surface area contributed by atoms with Crippen molar-refractivity contribution < 1.29 is 8.42 Å². The molecular formula is C25H20Cl2N2O2S. The summed E-state index contributed by atoms with van der Waals surface area (Å²) in [5.74, 6) is -0.255. The Morgan fingerprint density at radius 2 is 1.50 bits per heavy atom. The molecule has 5 rings (SSSR count). The van der Waals surface area contributed by atoms with Crippen molar-refractivity contribution in [3.63, 3.8) is 0 Å². The van der Waals surface area contributed by atoms with Gasteiger partial charge in [-0.15, -0.1) is 0 Å². The van der Waals surface area contributed by atoms with Gasteiger partial charge in [-0.2, -0.15) is 5.10 Å². The molecule has 0 amide bonds. The molecule has 3 aromatic carbocycles. The quantitative estimate of drug-likeness (QED) is 0.457. The predicted octanol–water partition coefficient (Wildman–Crippen LogP) is 6.04. The fourth-order valence-corrected chi connectivity index (χ4v) is 6.36. The van der Waals surface area contributed by atoms with Crippen LogP contribution in [0, 0.1) is 5.92 Å². The number of fused-ring (bicyclic) bond motifs is 1. The fourth-order valence-electron chi connectivity index (χ4n) is 4.40. The molecule has 0 aromatic heterocycles. The lowest BCUT2D eigenvalue weighted by Gasteiger charge is -2.30. The van der Waals surface area contributed by atoms with Crippen molar-refractivity contribution in [2.24, 2.45) is 11.0 Å². The molecule has 3 aromatic rings. The van der Waals surface area contributed by atoms with Crippen LogP contribution < -0.4 is 5.01 Å². The molecule has 1 saturated heterocycles. The molecule has 7 heteroatoms. The lowest BCUT2D eigenvalue weighted by Crippen LogP contribution is -2.37. The lowest BCUT2D eigenvalue weighted by molar-refractivity contribution is 0.554. The first kappa shape index (κ1) is 21.3. The van der Waals surface area contributed by atoms with E-state index in [2.05, 4.69) is 0 Å². The second-order valence-electron chi connectivity index (χ2n) is 8.04. The lowest BCUT2D eigenvalue weighted by atomic mass is 9.87. The Bertz CT molecular complexity index is 1300. The average Bonchev–Trinajstić information content (AvgIpc) is 3.15. The molecule has 2 aliphatic heterocycles. The van der Waals surface area contributed by atoms with Gasteiger partial charge in [0.2, 0.25) is 0 Å². The van der Waals surface area contributed by atoms with Gasteiger partial charge in [-0.3, -0.25) is 5.01 Å². The summed E-state index contributed by atoms with van der Waals surface area (Å²) in [4.78, 5) is 0. The minimum absolute atomic E-state index is 0.0269. The Balaban J connectivity index is 1.65. The molecule has 0 aliphatic carbocycles. The molecule has 2 aliphatic rings. The number of anilines is 1. The van der Waals surface area contributed by atoms with E-state index in [9.17, 15) is 8.42 Å². The Labute approximate surface area is 197 Å². The molecule has 0 N–H and O–H groups in total. The van der Waals surface area contributed by atoms with E-state index in [1.165, 1.54) is 0 Å². The smallest absolute Gasteiger partial charge is 0.155 e. The maximum atomic E-state index is 13.0. The number of hydrogen-bond donors (Lipinski definition) is 0. The maximum absolute atomic E-state index is 13.0. The summed E-state index contributed by atoms with van der Waals surface area (Å²) >= 11 is 12.1. The Morgan fingerprint density at radius 1 is 0.875 bits per heavy atom. The van der Waals surface area contributed by atoms with Crippen LogP contribution in [0.4, 0.5) is 5.69 Å². The highest BCUT2D eigenvalue weighted by molar-refractivity contribution is 7.91. The summed E-state index contributed by atoms with van der Waals surface area (Å²) < 4.78 is 25.9. The molecular weight excluding hydrogens is 463 g/mol. The third-order valence-corrected chi connectivity index (χ3v) is 7.91. The first-order valence-corrected chi connectivity index (χ1v) is 12.8. The summed E-state index contributed by atoms with van der Waals surface area (Å²) in [6.45, 7) is 0. The van der Waals surface area contributed by atoms with Gasteiger partial charge in [0.1, 0.15) is 0 Å². The zero-order valence-electron chi connectivity index (χ0n) is 17.0. The van der Waals surface area contributed by atoms with Crippen molar-refractivity contribution in [3.8, 4) is 0 Å². The third kappa shape index (κ3) is 4.20. The van der Waals surface area contributed by atoms with Gasteiger partial charge in [0.15, 0.2) is 9.84 Å². The SMILES string of the molecule is O=S1(=O)C/C(=C\c2ccc(Cl)cc2)C2=NN(c3ccccc3)C(c3ccc(Cl)cc3)C2C1. The number of rotatable bonds is 3. The van der Waals surface area contributed by atoms with Crippen molar-refractivity contribution in [2.45, 2.75) is 6.04 Å². The molecule has 0 radical (unpaired) electrons. The van der Waals surface area contributed by atoms with Gasteiger partial charge in [0.05, 0.1) is 28.9 Å². The molecule has 162 valence electrons. The fraction of sp³-hybridized carbons (Fsp3) is 0.160. The zero-order valence-corrected chi connectivity index (χ0v) is 19.4. The Morgan fingerprint density at radius 3 is 2.16 bits per heavy atom. The molecule has 4 nitrogen and oxygen atoms in total. The molecule has 0 spiro atoms. The van der Waals surface area contributed by atoms with Gasteiger partial charge in [-0.25, -0.2) is 8.42 Å². The largest absolute Gasteiger partial charge is 0.257 e. The predicted molar refractivity (Wildman–Crippen MR) is 132 cm³/mol. The normalized spacial score (nSPS) is 23.1. The third-order valence-electron chi connectivity index (χ3n) is 5.79. The van der Waals surface area contributed by atoms with E-state index < -0.39 is 9.84 Å². The van der Waals surface area contributed by atoms with Crippen molar-refractivity contribution in [2.75, 3.05) is 16.5 Å². The van der Waals surface area contributed by atoms with E-state index in [0.29, 0.717) is 10.0 Å². The van der Waals surface area contributed by atoms with Crippen LogP contribution in [-0.4, -0.2) is 25.6 Å². The number of halogens is 2. The van der Waals surface area contributed by atoms with Crippen LogP contribution in [0.2, 0.25) is 10.0 Å². The number of para-hydroxylation sites is 1. The topological polar surface area (TPSA) is 49.7 Å².